The number of carbonyl (C=O) groups excluding carboxylic acids is 1. The summed E-state index contributed by atoms with van der Waals surface area (Å²) in [4.78, 5) is 24.3. The summed E-state index contributed by atoms with van der Waals surface area (Å²) in [5.74, 6) is 0.259. The molecule has 6 nitrogen and oxygen atoms in total. The molecule has 8 heteroatoms. The molecule has 1 amide bonds. The Morgan fingerprint density at radius 1 is 1.36 bits per heavy atom. The molecule has 0 aromatic heterocycles. The summed E-state index contributed by atoms with van der Waals surface area (Å²) in [5.41, 5.74) is 0.671. The molecule has 1 atom stereocenters. The van der Waals surface area contributed by atoms with E-state index in [1.807, 2.05) is 0 Å². The van der Waals surface area contributed by atoms with Gasteiger partial charge in [0.15, 0.2) is 6.61 Å². The lowest BCUT2D eigenvalue weighted by molar-refractivity contribution is -0.384. The summed E-state index contributed by atoms with van der Waals surface area (Å²) in [6.07, 6.45) is 0. The number of ether oxygens (including phenoxy) is 1. The lowest BCUT2D eigenvalue weighted by Crippen LogP contribution is -2.33. The standard InChI is InChI=1S/C17H16BrClN2O4/c1-11(12-4-3-5-14(8-12)21(23)24)20(2)17(22)10-25-16-7-6-13(19)9-15(16)18/h3-9,11H,10H2,1-2H3. The number of nitro benzene ring substituents is 1. The lowest BCUT2D eigenvalue weighted by atomic mass is 10.1. The van der Waals surface area contributed by atoms with E-state index < -0.39 is 4.92 Å². The van der Waals surface area contributed by atoms with E-state index in [0.717, 1.165) is 0 Å². The summed E-state index contributed by atoms with van der Waals surface area (Å²) in [5, 5.41) is 11.4. The van der Waals surface area contributed by atoms with E-state index in [2.05, 4.69) is 15.9 Å². The van der Waals surface area contributed by atoms with Gasteiger partial charge in [-0.3, -0.25) is 14.9 Å². The zero-order chi connectivity index (χ0) is 18.6. The van der Waals surface area contributed by atoms with E-state index in [1.165, 1.54) is 17.0 Å². The fourth-order valence-corrected chi connectivity index (χ4v) is 2.97. The van der Waals surface area contributed by atoms with E-state index in [4.69, 9.17) is 16.3 Å². The van der Waals surface area contributed by atoms with E-state index in [-0.39, 0.29) is 24.2 Å². The number of nitro groups is 1. The van der Waals surface area contributed by atoms with Crippen LogP contribution in [-0.2, 0) is 4.79 Å². The summed E-state index contributed by atoms with van der Waals surface area (Å²) < 4.78 is 6.17. The van der Waals surface area contributed by atoms with Crippen molar-refractivity contribution >= 4 is 39.1 Å². The molecule has 2 aromatic rings. The summed E-state index contributed by atoms with van der Waals surface area (Å²) in [6.45, 7) is 1.64. The predicted molar refractivity (Wildman–Crippen MR) is 98.9 cm³/mol. The van der Waals surface area contributed by atoms with Crippen molar-refractivity contribution in [3.05, 3.63) is 67.6 Å². The Balaban J connectivity index is 2.03. The molecule has 0 radical (unpaired) electrons. The topological polar surface area (TPSA) is 72.7 Å². The Kier molecular flexibility index (Phi) is 6.39. The van der Waals surface area contributed by atoms with Crippen LogP contribution in [0.1, 0.15) is 18.5 Å². The minimum Gasteiger partial charge on any atom is -0.483 e. The number of rotatable bonds is 6. The Hall–Kier alpha value is -2.12. The van der Waals surface area contributed by atoms with Crippen LogP contribution in [0.3, 0.4) is 0 Å². The normalized spacial score (nSPS) is 11.7. The Morgan fingerprint density at radius 3 is 2.72 bits per heavy atom. The average Bonchev–Trinajstić information content (AvgIpc) is 2.59. The van der Waals surface area contributed by atoms with Crippen molar-refractivity contribution in [1.82, 2.24) is 4.90 Å². The molecule has 0 saturated heterocycles. The van der Waals surface area contributed by atoms with Crippen molar-refractivity contribution in [1.29, 1.82) is 0 Å². The van der Waals surface area contributed by atoms with E-state index in [0.29, 0.717) is 20.8 Å². The Bertz CT molecular complexity index is 800. The van der Waals surface area contributed by atoms with Gasteiger partial charge in [-0.05, 0) is 46.6 Å². The van der Waals surface area contributed by atoms with Gasteiger partial charge in [0.2, 0.25) is 0 Å². The van der Waals surface area contributed by atoms with E-state index in [1.54, 1.807) is 44.3 Å². The predicted octanol–water partition coefficient (Wildman–Crippen LogP) is 4.61. The number of hydrogen-bond donors (Lipinski definition) is 0. The van der Waals surface area contributed by atoms with Gasteiger partial charge >= 0.3 is 0 Å². The summed E-state index contributed by atoms with van der Waals surface area (Å²) >= 11 is 9.19. The second kappa shape index (κ2) is 8.31. The van der Waals surface area contributed by atoms with Crippen molar-refractivity contribution in [2.24, 2.45) is 0 Å². The molecule has 0 saturated carbocycles. The van der Waals surface area contributed by atoms with Gasteiger partial charge in [-0.2, -0.15) is 0 Å². The molecule has 0 aliphatic heterocycles. The Labute approximate surface area is 158 Å². The molecule has 0 spiro atoms. The molecule has 2 aromatic carbocycles. The van der Waals surface area contributed by atoms with Crippen molar-refractivity contribution < 1.29 is 14.5 Å². The van der Waals surface area contributed by atoms with E-state index >= 15 is 0 Å². The third-order valence-electron chi connectivity index (χ3n) is 3.78. The highest BCUT2D eigenvalue weighted by atomic mass is 79.9. The Morgan fingerprint density at radius 2 is 2.08 bits per heavy atom. The van der Waals surface area contributed by atoms with Crippen molar-refractivity contribution in [3.63, 3.8) is 0 Å². The largest absolute Gasteiger partial charge is 0.483 e. The number of hydrogen-bond acceptors (Lipinski definition) is 4. The number of nitrogens with zero attached hydrogens (tertiary/aromatic N) is 2. The monoisotopic (exact) mass is 426 g/mol. The SMILES string of the molecule is CC(c1cccc([N+](=O)[O-])c1)N(C)C(=O)COc1ccc(Cl)cc1Br. The summed E-state index contributed by atoms with van der Waals surface area (Å²) in [7, 11) is 1.63. The first-order chi connectivity index (χ1) is 11.8. The molecule has 0 aliphatic rings. The van der Waals surface area contributed by atoms with Crippen LogP contribution in [0.15, 0.2) is 46.9 Å². The molecular weight excluding hydrogens is 412 g/mol. The maximum Gasteiger partial charge on any atom is 0.269 e. The number of carbonyl (C=O) groups is 1. The molecule has 0 bridgehead atoms. The molecule has 1 unspecified atom stereocenters. The highest BCUT2D eigenvalue weighted by Gasteiger charge is 2.20. The lowest BCUT2D eigenvalue weighted by Gasteiger charge is -2.25. The van der Waals surface area contributed by atoms with Crippen molar-refractivity contribution in [2.45, 2.75) is 13.0 Å². The number of benzene rings is 2. The summed E-state index contributed by atoms with van der Waals surface area (Å²) in [6, 6.07) is 10.9. The molecule has 0 aliphatic carbocycles. The van der Waals surface area contributed by atoms with Gasteiger partial charge in [-0.25, -0.2) is 0 Å². The highest BCUT2D eigenvalue weighted by Crippen LogP contribution is 2.28. The van der Waals surface area contributed by atoms with Gasteiger partial charge in [-0.1, -0.05) is 23.7 Å². The van der Waals surface area contributed by atoms with Crippen molar-refractivity contribution in [3.8, 4) is 5.75 Å². The molecule has 0 N–H and O–H groups in total. The smallest absolute Gasteiger partial charge is 0.269 e. The van der Waals surface area contributed by atoms with Gasteiger partial charge in [0.05, 0.1) is 15.4 Å². The minimum absolute atomic E-state index is 0.00783. The maximum absolute atomic E-state index is 12.4. The van der Waals surface area contributed by atoms with Crippen LogP contribution in [0, 0.1) is 10.1 Å². The zero-order valence-electron chi connectivity index (χ0n) is 13.6. The van der Waals surface area contributed by atoms with Crippen molar-refractivity contribution in [2.75, 3.05) is 13.7 Å². The molecular formula is C17H16BrClN2O4. The van der Waals surface area contributed by atoms with Gasteiger partial charge < -0.3 is 9.64 Å². The third-order valence-corrected chi connectivity index (χ3v) is 4.64. The fourth-order valence-electron chi connectivity index (χ4n) is 2.17. The molecule has 25 heavy (non-hydrogen) atoms. The van der Waals surface area contributed by atoms with Crippen LogP contribution in [-0.4, -0.2) is 29.4 Å². The first-order valence-corrected chi connectivity index (χ1v) is 8.54. The second-order valence-electron chi connectivity index (χ2n) is 5.40. The van der Waals surface area contributed by atoms with Gasteiger partial charge in [0, 0.05) is 24.2 Å². The van der Waals surface area contributed by atoms with Crippen LogP contribution < -0.4 is 4.74 Å². The molecule has 0 heterocycles. The first-order valence-electron chi connectivity index (χ1n) is 7.37. The highest BCUT2D eigenvalue weighted by molar-refractivity contribution is 9.10. The van der Waals surface area contributed by atoms with Crippen LogP contribution in [0.4, 0.5) is 5.69 Å². The number of non-ortho nitro benzene ring substituents is 1. The molecule has 132 valence electrons. The van der Waals surface area contributed by atoms with Crippen LogP contribution >= 0.6 is 27.5 Å². The zero-order valence-corrected chi connectivity index (χ0v) is 16.0. The quantitative estimate of drug-likeness (QED) is 0.498. The van der Waals surface area contributed by atoms with Gasteiger partial charge in [-0.15, -0.1) is 0 Å². The maximum atomic E-state index is 12.4. The van der Waals surface area contributed by atoms with E-state index in [9.17, 15) is 14.9 Å². The molecule has 2 rings (SSSR count). The first kappa shape index (κ1) is 19.2. The van der Waals surface area contributed by atoms with Crippen LogP contribution in [0.2, 0.25) is 5.02 Å². The van der Waals surface area contributed by atoms with Crippen LogP contribution in [0.5, 0.6) is 5.75 Å². The number of amides is 1. The van der Waals surface area contributed by atoms with Crippen LogP contribution in [0.25, 0.3) is 0 Å². The average molecular weight is 428 g/mol. The molecule has 0 fully saturated rings. The van der Waals surface area contributed by atoms with Gasteiger partial charge in [0.1, 0.15) is 5.75 Å². The second-order valence-corrected chi connectivity index (χ2v) is 6.69. The third kappa shape index (κ3) is 4.93. The van der Waals surface area contributed by atoms with Gasteiger partial charge in [0.25, 0.3) is 11.6 Å². The number of likely N-dealkylation sites (N-methyl/N-ethyl adjacent to an activating group) is 1. The number of halogens is 2. The fraction of sp³-hybridized carbons (Fsp3) is 0.235. The minimum atomic E-state index is -0.459.